The van der Waals surface area contributed by atoms with Crippen LogP contribution in [0.4, 0.5) is 0 Å². The fourth-order valence-corrected chi connectivity index (χ4v) is 11.9. The maximum absolute atomic E-state index is 13.2. The highest BCUT2D eigenvalue weighted by Crippen LogP contribution is 2.23. The number of amides is 1. The number of carbonyl (C=O) groups is 1. The van der Waals surface area contributed by atoms with Crippen LogP contribution in [0.25, 0.3) is 0 Å². The van der Waals surface area contributed by atoms with Gasteiger partial charge in [-0.2, -0.15) is 0 Å². The van der Waals surface area contributed by atoms with Gasteiger partial charge in [0.25, 0.3) is 0 Å². The molecular formula is C82H145NO8. The third-order valence-electron chi connectivity index (χ3n) is 17.8. The number of hydrogen-bond acceptors (Lipinski definition) is 8. The van der Waals surface area contributed by atoms with Crippen LogP contribution < -0.4 is 5.32 Å². The standard InChI is InChI=1S/C82H145NO8/c1-3-5-7-9-11-13-15-17-19-21-23-25-27-29-31-33-34-35-36-37-38-39-40-41-42-44-46-48-50-52-54-56-58-60-62-64-66-68-70-72-78(86)83-75(74-90-82-81(89)80(88)79(87)77(73-84)91-82)76(85)71-69-67-65-63-61-59-57-55-53-51-49-47-45-43-32-30-28-26-24-22-20-18-16-14-12-10-8-6-4-2/h5,7,11,13,17,19,23,25,29,31,34-35,37-38,61,63,69,71,75-77,79-82,84-85,87-89H,3-4,6,8-10,12,14-16,18,20-22,24,26-28,30,32-33,36,39-60,62,64-68,70,72-74H2,1-2H3,(H,83,86)/b7-5-,13-11-,19-17-,25-23-,31-29-,35-34-,38-37-,63-61+,71-69+. The predicted octanol–water partition coefficient (Wildman–Crippen LogP) is 22.0. The molecule has 1 aliphatic heterocycles. The lowest BCUT2D eigenvalue weighted by Gasteiger charge is -2.40. The molecule has 1 fully saturated rings. The van der Waals surface area contributed by atoms with Crippen LogP contribution in [0.3, 0.4) is 0 Å². The number of allylic oxidation sites excluding steroid dienone is 17. The molecule has 9 heteroatoms. The van der Waals surface area contributed by atoms with Crippen molar-refractivity contribution in [3.05, 3.63) is 109 Å². The first-order valence-corrected chi connectivity index (χ1v) is 38.6. The number of aliphatic hydroxyl groups excluding tert-OH is 5. The van der Waals surface area contributed by atoms with E-state index in [1.165, 1.54) is 244 Å². The van der Waals surface area contributed by atoms with E-state index in [0.29, 0.717) is 6.42 Å². The van der Waals surface area contributed by atoms with Gasteiger partial charge in [0.15, 0.2) is 6.29 Å². The molecule has 0 radical (unpaired) electrons. The van der Waals surface area contributed by atoms with E-state index in [1.54, 1.807) is 6.08 Å². The number of ether oxygens (including phenoxy) is 2. The molecule has 0 bridgehead atoms. The number of unbranched alkanes of at least 4 members (excludes halogenated alkanes) is 41. The Balaban J connectivity index is 2.11. The Bertz CT molecular complexity index is 1810. The zero-order valence-electron chi connectivity index (χ0n) is 59.1. The maximum atomic E-state index is 13.2. The van der Waals surface area contributed by atoms with Crippen molar-refractivity contribution in [1.82, 2.24) is 5.32 Å². The van der Waals surface area contributed by atoms with E-state index in [2.05, 4.69) is 116 Å². The smallest absolute Gasteiger partial charge is 0.220 e. The molecule has 7 atom stereocenters. The molecule has 1 amide bonds. The Morgan fingerprint density at radius 2 is 0.692 bits per heavy atom. The summed E-state index contributed by atoms with van der Waals surface area (Å²) in [5.74, 6) is -0.185. The summed E-state index contributed by atoms with van der Waals surface area (Å²) in [6.07, 6.45) is 96.5. The molecule has 0 spiro atoms. The largest absolute Gasteiger partial charge is 0.394 e. The van der Waals surface area contributed by atoms with Gasteiger partial charge in [0.2, 0.25) is 5.91 Å². The summed E-state index contributed by atoms with van der Waals surface area (Å²) < 4.78 is 11.3. The molecule has 91 heavy (non-hydrogen) atoms. The van der Waals surface area contributed by atoms with Gasteiger partial charge in [0.1, 0.15) is 24.4 Å². The van der Waals surface area contributed by atoms with Gasteiger partial charge >= 0.3 is 0 Å². The first-order chi connectivity index (χ1) is 44.8. The fourth-order valence-electron chi connectivity index (χ4n) is 11.9. The van der Waals surface area contributed by atoms with Crippen LogP contribution in [-0.4, -0.2) is 87.5 Å². The van der Waals surface area contributed by atoms with Gasteiger partial charge in [-0.3, -0.25) is 4.79 Å². The summed E-state index contributed by atoms with van der Waals surface area (Å²) in [5, 5.41) is 54.9. The zero-order chi connectivity index (χ0) is 65.7. The summed E-state index contributed by atoms with van der Waals surface area (Å²) in [5.41, 5.74) is 0. The fraction of sp³-hybridized carbons (Fsp3) is 0.768. The number of carbonyl (C=O) groups excluding carboxylic acids is 1. The van der Waals surface area contributed by atoms with E-state index < -0.39 is 49.5 Å². The summed E-state index contributed by atoms with van der Waals surface area (Å²) in [4.78, 5) is 13.2. The first-order valence-electron chi connectivity index (χ1n) is 38.6. The first kappa shape index (κ1) is 85.9. The van der Waals surface area contributed by atoms with E-state index in [0.717, 1.165) is 83.5 Å². The van der Waals surface area contributed by atoms with Crippen molar-refractivity contribution in [2.24, 2.45) is 0 Å². The van der Waals surface area contributed by atoms with Gasteiger partial charge < -0.3 is 40.3 Å². The van der Waals surface area contributed by atoms with Crippen LogP contribution in [0.2, 0.25) is 0 Å². The van der Waals surface area contributed by atoms with Crippen molar-refractivity contribution in [3.8, 4) is 0 Å². The van der Waals surface area contributed by atoms with E-state index in [1.807, 2.05) is 6.08 Å². The topological polar surface area (TPSA) is 149 Å². The highest BCUT2D eigenvalue weighted by Gasteiger charge is 2.44. The van der Waals surface area contributed by atoms with Gasteiger partial charge in [-0.25, -0.2) is 0 Å². The summed E-state index contributed by atoms with van der Waals surface area (Å²) in [7, 11) is 0. The quantitative estimate of drug-likeness (QED) is 0.0261. The van der Waals surface area contributed by atoms with Crippen molar-refractivity contribution in [2.75, 3.05) is 13.2 Å². The Labute approximate surface area is 561 Å². The van der Waals surface area contributed by atoms with E-state index in [4.69, 9.17) is 9.47 Å². The lowest BCUT2D eigenvalue weighted by atomic mass is 9.99. The molecule has 0 aromatic rings. The molecule has 0 saturated carbocycles. The minimum atomic E-state index is -1.58. The second-order valence-corrected chi connectivity index (χ2v) is 26.4. The summed E-state index contributed by atoms with van der Waals surface area (Å²) >= 11 is 0. The maximum Gasteiger partial charge on any atom is 0.220 e. The van der Waals surface area contributed by atoms with Crippen molar-refractivity contribution in [1.29, 1.82) is 0 Å². The lowest BCUT2D eigenvalue weighted by Crippen LogP contribution is -2.60. The minimum Gasteiger partial charge on any atom is -0.394 e. The van der Waals surface area contributed by atoms with Crippen LogP contribution in [-0.2, 0) is 14.3 Å². The molecule has 1 aliphatic rings. The average Bonchev–Trinajstić information content (AvgIpc) is 1.33. The van der Waals surface area contributed by atoms with E-state index >= 15 is 0 Å². The number of hydrogen-bond donors (Lipinski definition) is 6. The molecule has 0 aromatic carbocycles. The molecule has 1 heterocycles. The molecule has 9 nitrogen and oxygen atoms in total. The predicted molar refractivity (Wildman–Crippen MR) is 391 cm³/mol. The van der Waals surface area contributed by atoms with Crippen LogP contribution in [0.5, 0.6) is 0 Å². The molecule has 526 valence electrons. The minimum absolute atomic E-state index is 0.185. The van der Waals surface area contributed by atoms with Crippen LogP contribution in [0.15, 0.2) is 109 Å². The highest BCUT2D eigenvalue weighted by molar-refractivity contribution is 5.76. The van der Waals surface area contributed by atoms with Gasteiger partial charge in [-0.1, -0.05) is 361 Å². The molecule has 0 aliphatic carbocycles. The molecule has 6 N–H and O–H groups in total. The van der Waals surface area contributed by atoms with Crippen LogP contribution >= 0.6 is 0 Å². The highest BCUT2D eigenvalue weighted by atomic mass is 16.7. The van der Waals surface area contributed by atoms with Crippen LogP contribution in [0.1, 0.15) is 348 Å². The Morgan fingerprint density at radius 1 is 0.385 bits per heavy atom. The second kappa shape index (κ2) is 69.7. The Kier molecular flexibility index (Phi) is 65.7. The van der Waals surface area contributed by atoms with Crippen molar-refractivity contribution in [2.45, 2.75) is 391 Å². The molecule has 0 aromatic heterocycles. The van der Waals surface area contributed by atoms with Gasteiger partial charge in [0.05, 0.1) is 25.4 Å². The number of aliphatic hydroxyl groups is 5. The molecule has 7 unspecified atom stereocenters. The Morgan fingerprint density at radius 3 is 1.05 bits per heavy atom. The van der Waals surface area contributed by atoms with Crippen molar-refractivity contribution < 1.29 is 39.8 Å². The van der Waals surface area contributed by atoms with Gasteiger partial charge in [-0.05, 0) is 89.9 Å². The zero-order valence-corrected chi connectivity index (χ0v) is 59.1. The average molecular weight is 1270 g/mol. The van der Waals surface area contributed by atoms with Gasteiger partial charge in [0, 0.05) is 6.42 Å². The second-order valence-electron chi connectivity index (χ2n) is 26.4. The van der Waals surface area contributed by atoms with Crippen molar-refractivity contribution in [3.63, 3.8) is 0 Å². The summed E-state index contributed by atoms with van der Waals surface area (Å²) in [6, 6.07) is -0.829. The molecule has 1 saturated heterocycles. The Hall–Kier alpha value is -3.15. The lowest BCUT2D eigenvalue weighted by molar-refractivity contribution is -0.302. The number of nitrogens with one attached hydrogen (secondary N) is 1. The summed E-state index contributed by atoms with van der Waals surface area (Å²) in [6.45, 7) is 3.69. The molecule has 1 rings (SSSR count). The number of rotatable bonds is 67. The molecular weight excluding hydrogens is 1130 g/mol. The van der Waals surface area contributed by atoms with E-state index in [9.17, 15) is 30.3 Å². The SMILES string of the molecule is CC/C=C\C/C=C\C/C=C\C/C=C\C/C=C\C/C=C\C/C=C\CCCCCCCCCCCCCCCCCCCC(=O)NC(COC1OC(CO)C(O)C(O)C1O)C(O)/C=C/CC/C=C/CCCCCCCCCCCCCCCCCCCCCCCCC. The van der Waals surface area contributed by atoms with Gasteiger partial charge in [-0.15, -0.1) is 0 Å². The third-order valence-corrected chi connectivity index (χ3v) is 17.8. The van der Waals surface area contributed by atoms with Crippen LogP contribution in [0, 0.1) is 0 Å². The van der Waals surface area contributed by atoms with E-state index in [-0.39, 0.29) is 12.5 Å². The normalized spacial score (nSPS) is 18.3. The third kappa shape index (κ3) is 58.0. The monoisotopic (exact) mass is 1270 g/mol. The van der Waals surface area contributed by atoms with Crippen molar-refractivity contribution >= 4 is 5.91 Å².